The van der Waals surface area contributed by atoms with Gasteiger partial charge in [0.15, 0.2) is 0 Å². The van der Waals surface area contributed by atoms with Crippen LogP contribution in [0.3, 0.4) is 0 Å². The lowest BCUT2D eigenvalue weighted by molar-refractivity contribution is -0.145. The molecule has 23 heavy (non-hydrogen) atoms. The Morgan fingerprint density at radius 2 is 1.65 bits per heavy atom. The minimum absolute atomic E-state index is 0.230. The molecule has 6 nitrogen and oxygen atoms in total. The molecule has 1 atom stereocenters. The molecule has 0 aromatic heterocycles. The number of nitrogens with one attached hydrogen (secondary N) is 1. The van der Waals surface area contributed by atoms with Crippen LogP contribution in [-0.2, 0) is 18.6 Å². The van der Waals surface area contributed by atoms with Gasteiger partial charge in [-0.3, -0.25) is 9.32 Å². The van der Waals surface area contributed by atoms with Crippen LogP contribution >= 0.6 is 7.75 Å². The minimum atomic E-state index is -3.57. The highest BCUT2D eigenvalue weighted by Crippen LogP contribution is 2.42. The van der Waals surface area contributed by atoms with Crippen LogP contribution in [0.4, 0.5) is 0 Å². The van der Waals surface area contributed by atoms with Crippen molar-refractivity contribution >= 4 is 13.7 Å². The van der Waals surface area contributed by atoms with Crippen molar-refractivity contribution < 1.29 is 23.1 Å². The van der Waals surface area contributed by atoms with Gasteiger partial charge >= 0.3 is 13.7 Å². The van der Waals surface area contributed by atoms with Gasteiger partial charge in [0.05, 0.1) is 6.10 Å². The third-order valence-electron chi connectivity index (χ3n) is 1.99. The van der Waals surface area contributed by atoms with E-state index in [1.165, 1.54) is 7.11 Å². The smallest absolute Gasteiger partial charge is 0.458 e. The molecule has 0 spiro atoms. The van der Waals surface area contributed by atoms with Crippen LogP contribution in [0.25, 0.3) is 0 Å². The Labute approximate surface area is 140 Å². The zero-order valence-corrected chi connectivity index (χ0v) is 16.1. The van der Waals surface area contributed by atoms with Crippen molar-refractivity contribution in [2.24, 2.45) is 0 Å². The summed E-state index contributed by atoms with van der Waals surface area (Å²) in [5.74, 6) is -0.138. The lowest BCUT2D eigenvalue weighted by atomic mass is 10.3. The number of ether oxygens (including phenoxy) is 1. The highest BCUT2D eigenvalue weighted by molar-refractivity contribution is 7.52. The number of carbonyl (C=O) groups is 1. The zero-order chi connectivity index (χ0) is 18.3. The molecule has 0 aliphatic heterocycles. The number of hydrogen-bond donors (Lipinski definition) is 1. The van der Waals surface area contributed by atoms with Gasteiger partial charge in [-0.25, -0.2) is 9.65 Å². The van der Waals surface area contributed by atoms with Crippen molar-refractivity contribution in [3.8, 4) is 5.75 Å². The second-order valence-corrected chi connectivity index (χ2v) is 5.82. The third kappa shape index (κ3) is 11.8. The van der Waals surface area contributed by atoms with Crippen molar-refractivity contribution in [1.82, 2.24) is 5.09 Å². The highest BCUT2D eigenvalue weighted by atomic mass is 31.2. The van der Waals surface area contributed by atoms with Gasteiger partial charge in [0.25, 0.3) is 0 Å². The number of para-hydroxylation sites is 1. The molecule has 0 aliphatic carbocycles. The van der Waals surface area contributed by atoms with Crippen LogP contribution in [0.1, 0.15) is 41.5 Å². The first-order valence-electron chi connectivity index (χ1n) is 7.80. The van der Waals surface area contributed by atoms with Crippen LogP contribution in [-0.4, -0.2) is 25.7 Å². The van der Waals surface area contributed by atoms with Crippen LogP contribution in [0.15, 0.2) is 30.3 Å². The predicted molar refractivity (Wildman–Crippen MR) is 93.6 cm³/mol. The monoisotopic (exact) mass is 347 g/mol. The molecule has 0 aliphatic rings. The van der Waals surface area contributed by atoms with E-state index >= 15 is 0 Å². The Morgan fingerprint density at radius 3 is 2.09 bits per heavy atom. The fourth-order valence-electron chi connectivity index (χ4n) is 1.22. The van der Waals surface area contributed by atoms with Gasteiger partial charge in [0, 0.05) is 7.11 Å². The zero-order valence-electron chi connectivity index (χ0n) is 15.2. The number of hydrogen-bond acceptors (Lipinski definition) is 5. The summed E-state index contributed by atoms with van der Waals surface area (Å²) in [6.07, 6.45) is -0.230. The van der Waals surface area contributed by atoms with E-state index in [1.54, 1.807) is 44.2 Å². The minimum Gasteiger partial charge on any atom is -0.462 e. The quantitative estimate of drug-likeness (QED) is 0.581. The summed E-state index contributed by atoms with van der Waals surface area (Å²) in [7, 11) is -2.33. The maximum Gasteiger partial charge on any atom is 0.458 e. The molecule has 1 aromatic carbocycles. The molecule has 0 radical (unpaired) electrons. The summed E-state index contributed by atoms with van der Waals surface area (Å²) < 4.78 is 27.1. The summed E-state index contributed by atoms with van der Waals surface area (Å²) in [5.41, 5.74) is 0. The summed E-state index contributed by atoms with van der Waals surface area (Å²) in [6.45, 7) is 11.2. The Morgan fingerprint density at radius 1 is 1.13 bits per heavy atom. The van der Waals surface area contributed by atoms with Crippen LogP contribution in [0.5, 0.6) is 5.75 Å². The van der Waals surface area contributed by atoms with Crippen molar-refractivity contribution in [3.05, 3.63) is 30.3 Å². The number of carbonyl (C=O) groups excluding carboxylic acids is 1. The van der Waals surface area contributed by atoms with E-state index in [0.29, 0.717) is 5.75 Å². The highest BCUT2D eigenvalue weighted by Gasteiger charge is 2.25. The fourth-order valence-corrected chi connectivity index (χ4v) is 2.21. The first-order chi connectivity index (χ1) is 10.9. The lowest BCUT2D eigenvalue weighted by Gasteiger charge is -2.17. The van der Waals surface area contributed by atoms with Gasteiger partial charge in [0.2, 0.25) is 0 Å². The van der Waals surface area contributed by atoms with E-state index in [9.17, 15) is 9.36 Å². The second kappa shape index (κ2) is 14.2. The summed E-state index contributed by atoms with van der Waals surface area (Å²) in [5, 5.41) is 2.44. The standard InChI is InChI=1S/C12H18NO5P.2C2H6/c1-10(2)17-12(14)9-13-19(15,16-3)18-11-7-5-4-6-8-11;2*1-2/h4-8,10H,9H2,1-3H3,(H,13,15);2*1-2H3. The topological polar surface area (TPSA) is 73.9 Å². The summed E-state index contributed by atoms with van der Waals surface area (Å²) in [6, 6.07) is 8.56. The van der Waals surface area contributed by atoms with E-state index in [4.69, 9.17) is 13.8 Å². The molecule has 7 heteroatoms. The number of rotatable bonds is 7. The average Bonchev–Trinajstić information content (AvgIpc) is 2.57. The van der Waals surface area contributed by atoms with Crippen molar-refractivity contribution in [2.45, 2.75) is 47.6 Å². The molecule has 0 amide bonds. The molecule has 0 saturated heterocycles. The molecule has 1 N–H and O–H groups in total. The molecule has 0 heterocycles. The SMILES string of the molecule is CC.CC.COP(=O)(NCC(=O)OC(C)C)Oc1ccccc1. The number of esters is 1. The molecular weight excluding hydrogens is 317 g/mol. The first kappa shape index (κ1) is 23.9. The number of benzene rings is 1. The van der Waals surface area contributed by atoms with Gasteiger partial charge in [-0.15, -0.1) is 0 Å². The van der Waals surface area contributed by atoms with Crippen LogP contribution in [0.2, 0.25) is 0 Å². The molecule has 0 bridgehead atoms. The first-order valence-corrected chi connectivity index (χ1v) is 9.34. The van der Waals surface area contributed by atoms with Crippen molar-refractivity contribution in [1.29, 1.82) is 0 Å². The Kier molecular flexibility index (Phi) is 14.8. The normalized spacial score (nSPS) is 12.0. The molecule has 0 saturated carbocycles. The van der Waals surface area contributed by atoms with E-state index in [0.717, 1.165) is 0 Å². The van der Waals surface area contributed by atoms with Gasteiger partial charge in [0.1, 0.15) is 12.3 Å². The van der Waals surface area contributed by atoms with Crippen molar-refractivity contribution in [2.75, 3.05) is 13.7 Å². The largest absolute Gasteiger partial charge is 0.462 e. The van der Waals surface area contributed by atoms with Crippen LogP contribution < -0.4 is 9.61 Å². The second-order valence-electron chi connectivity index (χ2n) is 3.96. The fraction of sp³-hybridized carbons (Fsp3) is 0.562. The molecule has 134 valence electrons. The Balaban J connectivity index is 0. The average molecular weight is 347 g/mol. The van der Waals surface area contributed by atoms with Gasteiger partial charge < -0.3 is 9.26 Å². The molecule has 1 rings (SSSR count). The lowest BCUT2D eigenvalue weighted by Crippen LogP contribution is -2.26. The maximum absolute atomic E-state index is 12.2. The molecule has 0 fully saturated rings. The van der Waals surface area contributed by atoms with E-state index in [2.05, 4.69) is 5.09 Å². The summed E-state index contributed by atoms with van der Waals surface area (Å²) >= 11 is 0. The van der Waals surface area contributed by atoms with E-state index in [1.807, 2.05) is 27.7 Å². The Bertz CT molecular complexity index is 451. The van der Waals surface area contributed by atoms with Gasteiger partial charge in [-0.05, 0) is 26.0 Å². The third-order valence-corrected chi connectivity index (χ3v) is 3.47. The molecular formula is C16H30NO5P. The maximum atomic E-state index is 12.2. The van der Waals surface area contributed by atoms with Crippen LogP contribution in [0, 0.1) is 0 Å². The Hall–Kier alpha value is -1.36. The van der Waals surface area contributed by atoms with E-state index < -0.39 is 13.7 Å². The predicted octanol–water partition coefficient (Wildman–Crippen LogP) is 4.41. The van der Waals surface area contributed by atoms with Gasteiger partial charge in [-0.2, -0.15) is 0 Å². The summed E-state index contributed by atoms with van der Waals surface area (Å²) in [4.78, 5) is 11.4. The molecule has 1 aromatic rings. The molecule has 1 unspecified atom stereocenters. The van der Waals surface area contributed by atoms with E-state index in [-0.39, 0.29) is 12.6 Å². The van der Waals surface area contributed by atoms with Crippen molar-refractivity contribution in [3.63, 3.8) is 0 Å². The van der Waals surface area contributed by atoms with Gasteiger partial charge in [-0.1, -0.05) is 45.9 Å².